The molecule has 2 atom stereocenters. The van der Waals surface area contributed by atoms with E-state index in [0.29, 0.717) is 22.9 Å². The highest BCUT2D eigenvalue weighted by molar-refractivity contribution is 6.30. The van der Waals surface area contributed by atoms with Gasteiger partial charge in [-0.05, 0) is 42.2 Å². The predicted molar refractivity (Wildman–Crippen MR) is 92.5 cm³/mol. The van der Waals surface area contributed by atoms with E-state index in [-0.39, 0.29) is 18.4 Å². The molecule has 0 aromatic heterocycles. The fourth-order valence-electron chi connectivity index (χ4n) is 2.91. The van der Waals surface area contributed by atoms with E-state index in [1.54, 1.807) is 18.2 Å². The topological polar surface area (TPSA) is 66.4 Å². The Bertz CT molecular complexity index is 775. The van der Waals surface area contributed by atoms with Gasteiger partial charge >= 0.3 is 5.97 Å². The molecule has 2 aromatic carbocycles. The molecule has 3 rings (SSSR count). The largest absolute Gasteiger partial charge is 0.481 e. The zero-order valence-corrected chi connectivity index (χ0v) is 13.8. The molecule has 0 radical (unpaired) electrons. The molecule has 24 heavy (non-hydrogen) atoms. The van der Waals surface area contributed by atoms with Crippen LogP contribution in [0.2, 0.25) is 5.02 Å². The fraction of sp³-hybridized carbons (Fsp3) is 0.263. The molecule has 1 saturated carbocycles. The van der Waals surface area contributed by atoms with E-state index in [1.165, 1.54) is 0 Å². The van der Waals surface area contributed by atoms with Crippen molar-refractivity contribution in [1.29, 1.82) is 0 Å². The highest BCUT2D eigenvalue weighted by atomic mass is 35.5. The number of amides is 1. The SMILES string of the molecule is O=C(O)CCc1ccccc1C(=O)N[C@@H]1C[C@H]1c1cccc(Cl)c1. The number of nitrogens with one attached hydrogen (secondary N) is 1. The van der Waals surface area contributed by atoms with E-state index in [0.717, 1.165) is 17.5 Å². The van der Waals surface area contributed by atoms with E-state index in [4.69, 9.17) is 16.7 Å². The molecule has 0 spiro atoms. The summed E-state index contributed by atoms with van der Waals surface area (Å²) < 4.78 is 0. The lowest BCUT2D eigenvalue weighted by Crippen LogP contribution is -2.27. The van der Waals surface area contributed by atoms with Crippen LogP contribution >= 0.6 is 11.6 Å². The molecule has 0 aliphatic heterocycles. The summed E-state index contributed by atoms with van der Waals surface area (Å²) in [4.78, 5) is 23.3. The molecular formula is C19H18ClNO3. The molecule has 2 aromatic rings. The van der Waals surface area contributed by atoms with Crippen LogP contribution in [0.4, 0.5) is 0 Å². The van der Waals surface area contributed by atoms with Gasteiger partial charge in [0.2, 0.25) is 0 Å². The Morgan fingerprint density at radius 2 is 1.96 bits per heavy atom. The van der Waals surface area contributed by atoms with E-state index in [2.05, 4.69) is 5.32 Å². The molecule has 1 aliphatic carbocycles. The van der Waals surface area contributed by atoms with Gasteiger partial charge in [-0.3, -0.25) is 9.59 Å². The van der Waals surface area contributed by atoms with Crippen LogP contribution in [-0.4, -0.2) is 23.0 Å². The van der Waals surface area contributed by atoms with Gasteiger partial charge in [0.15, 0.2) is 0 Å². The first-order chi connectivity index (χ1) is 11.5. The Labute approximate surface area is 145 Å². The lowest BCUT2D eigenvalue weighted by molar-refractivity contribution is -0.136. The lowest BCUT2D eigenvalue weighted by Gasteiger charge is -2.09. The van der Waals surface area contributed by atoms with E-state index < -0.39 is 5.97 Å². The third-order valence-electron chi connectivity index (χ3n) is 4.25. The summed E-state index contributed by atoms with van der Waals surface area (Å²) >= 11 is 6.01. The number of carbonyl (C=O) groups is 2. The Morgan fingerprint density at radius 1 is 1.17 bits per heavy atom. The second-order valence-electron chi connectivity index (χ2n) is 6.03. The van der Waals surface area contributed by atoms with E-state index in [9.17, 15) is 9.59 Å². The number of hydrogen-bond acceptors (Lipinski definition) is 2. The summed E-state index contributed by atoms with van der Waals surface area (Å²) in [6.45, 7) is 0. The maximum atomic E-state index is 12.5. The minimum atomic E-state index is -0.867. The summed E-state index contributed by atoms with van der Waals surface area (Å²) in [7, 11) is 0. The van der Waals surface area contributed by atoms with Crippen LogP contribution in [0.15, 0.2) is 48.5 Å². The summed E-state index contributed by atoms with van der Waals surface area (Å²) in [6.07, 6.45) is 1.25. The van der Waals surface area contributed by atoms with Crippen molar-refractivity contribution in [3.05, 3.63) is 70.2 Å². The predicted octanol–water partition coefficient (Wildman–Crippen LogP) is 3.64. The number of carbonyl (C=O) groups excluding carboxylic acids is 1. The van der Waals surface area contributed by atoms with Crippen molar-refractivity contribution in [1.82, 2.24) is 5.32 Å². The minimum absolute atomic E-state index is 0.0128. The van der Waals surface area contributed by atoms with Crippen LogP contribution < -0.4 is 5.32 Å². The van der Waals surface area contributed by atoms with Gasteiger partial charge in [-0.1, -0.05) is 41.9 Å². The molecule has 0 saturated heterocycles. The first-order valence-corrected chi connectivity index (χ1v) is 8.28. The first kappa shape index (κ1) is 16.5. The van der Waals surface area contributed by atoms with E-state index in [1.807, 2.05) is 30.3 Å². The maximum absolute atomic E-state index is 12.5. The highest BCUT2D eigenvalue weighted by Gasteiger charge is 2.39. The lowest BCUT2D eigenvalue weighted by atomic mass is 10.0. The van der Waals surface area contributed by atoms with Crippen LogP contribution in [0.5, 0.6) is 0 Å². The number of hydrogen-bond donors (Lipinski definition) is 2. The molecule has 1 fully saturated rings. The average Bonchev–Trinajstić information content (AvgIpc) is 3.32. The van der Waals surface area contributed by atoms with Crippen LogP contribution in [0.1, 0.15) is 40.2 Å². The molecule has 124 valence electrons. The third kappa shape index (κ3) is 3.95. The van der Waals surface area contributed by atoms with Crippen molar-refractivity contribution in [2.24, 2.45) is 0 Å². The van der Waals surface area contributed by atoms with Crippen molar-refractivity contribution in [2.75, 3.05) is 0 Å². The molecule has 5 heteroatoms. The first-order valence-electron chi connectivity index (χ1n) is 7.90. The average molecular weight is 344 g/mol. The molecule has 2 N–H and O–H groups in total. The summed E-state index contributed by atoms with van der Waals surface area (Å²) in [6, 6.07) is 14.9. The van der Waals surface area contributed by atoms with Gasteiger partial charge in [-0.2, -0.15) is 0 Å². The molecular weight excluding hydrogens is 326 g/mol. The molecule has 4 nitrogen and oxygen atoms in total. The molecule has 0 unspecified atom stereocenters. The Morgan fingerprint density at radius 3 is 2.71 bits per heavy atom. The van der Waals surface area contributed by atoms with Gasteiger partial charge in [-0.15, -0.1) is 0 Å². The molecule has 0 heterocycles. The van der Waals surface area contributed by atoms with Crippen molar-refractivity contribution in [2.45, 2.75) is 31.2 Å². The summed E-state index contributed by atoms with van der Waals surface area (Å²) in [5, 5.41) is 12.6. The number of carboxylic acids is 1. The normalized spacial score (nSPS) is 18.9. The van der Waals surface area contributed by atoms with Crippen LogP contribution in [0.25, 0.3) is 0 Å². The Kier molecular flexibility index (Phi) is 4.86. The number of carboxylic acid groups (broad SMARTS) is 1. The molecule has 1 amide bonds. The van der Waals surface area contributed by atoms with Gasteiger partial charge in [0.05, 0.1) is 0 Å². The van der Waals surface area contributed by atoms with Gasteiger partial charge < -0.3 is 10.4 Å². The maximum Gasteiger partial charge on any atom is 0.303 e. The summed E-state index contributed by atoms with van der Waals surface area (Å²) in [5.41, 5.74) is 2.44. The number of aliphatic carboxylic acids is 1. The van der Waals surface area contributed by atoms with Gasteiger partial charge in [0, 0.05) is 29.0 Å². The smallest absolute Gasteiger partial charge is 0.303 e. The number of benzene rings is 2. The monoisotopic (exact) mass is 343 g/mol. The van der Waals surface area contributed by atoms with Crippen molar-refractivity contribution in [3.8, 4) is 0 Å². The second kappa shape index (κ2) is 7.05. The van der Waals surface area contributed by atoms with Gasteiger partial charge in [0.25, 0.3) is 5.91 Å². The number of aryl methyl sites for hydroxylation is 1. The minimum Gasteiger partial charge on any atom is -0.481 e. The van der Waals surface area contributed by atoms with E-state index >= 15 is 0 Å². The molecule has 0 bridgehead atoms. The second-order valence-corrected chi connectivity index (χ2v) is 6.46. The molecule has 1 aliphatic rings. The van der Waals surface area contributed by atoms with Crippen LogP contribution in [0.3, 0.4) is 0 Å². The Balaban J connectivity index is 1.65. The van der Waals surface area contributed by atoms with Crippen molar-refractivity contribution < 1.29 is 14.7 Å². The van der Waals surface area contributed by atoms with Crippen LogP contribution in [0, 0.1) is 0 Å². The zero-order valence-electron chi connectivity index (χ0n) is 13.0. The Hall–Kier alpha value is -2.33. The highest BCUT2D eigenvalue weighted by Crippen LogP contribution is 2.41. The van der Waals surface area contributed by atoms with Crippen molar-refractivity contribution in [3.63, 3.8) is 0 Å². The quantitative estimate of drug-likeness (QED) is 0.841. The van der Waals surface area contributed by atoms with Gasteiger partial charge in [0.1, 0.15) is 0 Å². The summed E-state index contributed by atoms with van der Waals surface area (Å²) in [5.74, 6) is -0.724. The zero-order chi connectivity index (χ0) is 17.1. The van der Waals surface area contributed by atoms with Crippen molar-refractivity contribution >= 4 is 23.5 Å². The van der Waals surface area contributed by atoms with Gasteiger partial charge in [-0.25, -0.2) is 0 Å². The number of halogens is 1. The number of rotatable bonds is 6. The third-order valence-corrected chi connectivity index (χ3v) is 4.49. The standard InChI is InChI=1S/C19H18ClNO3/c20-14-6-3-5-13(10-14)16-11-17(16)21-19(24)15-7-2-1-4-12(15)8-9-18(22)23/h1-7,10,16-17H,8-9,11H2,(H,21,24)(H,22,23)/t16-,17+/m0/s1. The van der Waals surface area contributed by atoms with Crippen LogP contribution in [-0.2, 0) is 11.2 Å². The fourth-order valence-corrected chi connectivity index (χ4v) is 3.11.